The maximum absolute atomic E-state index is 12.3. The number of nitrogens with one attached hydrogen (secondary N) is 1. The molecule has 1 atom stereocenters. The zero-order chi connectivity index (χ0) is 14.4. The Kier molecular flexibility index (Phi) is 2.26. The van der Waals surface area contributed by atoms with Gasteiger partial charge >= 0.3 is 0 Å². The number of piperidine rings is 1. The Balaban J connectivity index is 1.92. The number of hydrogen-bond donors (Lipinski definition) is 2. The number of fused-ring (bicyclic) bond motifs is 1. The Hall–Kier alpha value is -2.37. The summed E-state index contributed by atoms with van der Waals surface area (Å²) >= 11 is 0. The summed E-state index contributed by atoms with van der Waals surface area (Å²) in [5.41, 5.74) is 7.12. The van der Waals surface area contributed by atoms with Gasteiger partial charge in [0.1, 0.15) is 6.04 Å². The number of hydrogen-bond acceptors (Lipinski definition) is 4. The van der Waals surface area contributed by atoms with Crippen molar-refractivity contribution >= 4 is 23.4 Å². The molecule has 6 nitrogen and oxygen atoms in total. The summed E-state index contributed by atoms with van der Waals surface area (Å²) in [4.78, 5) is 36.7. The first kappa shape index (κ1) is 10.5. The van der Waals surface area contributed by atoms with Gasteiger partial charge in [0.25, 0.3) is 5.91 Å². The zero-order valence-corrected chi connectivity index (χ0v) is 10.1. The highest BCUT2D eigenvalue weighted by Crippen LogP contribution is 2.30. The van der Waals surface area contributed by atoms with Crippen LogP contribution in [-0.4, -0.2) is 28.7 Å². The number of nitrogen functional groups attached to an aromatic ring is 1. The first-order chi connectivity index (χ1) is 9.49. The van der Waals surface area contributed by atoms with Crippen LogP contribution < -0.4 is 11.1 Å². The van der Waals surface area contributed by atoms with Crippen molar-refractivity contribution in [3.05, 3.63) is 29.3 Å². The summed E-state index contributed by atoms with van der Waals surface area (Å²) in [5.74, 6) is -1.04. The minimum atomic E-state index is -0.652. The fourth-order valence-electron chi connectivity index (χ4n) is 2.55. The first-order valence-electron chi connectivity index (χ1n) is 6.51. The van der Waals surface area contributed by atoms with Crippen LogP contribution in [0.15, 0.2) is 18.2 Å². The Labute approximate surface area is 111 Å². The van der Waals surface area contributed by atoms with E-state index >= 15 is 0 Å². The van der Waals surface area contributed by atoms with Gasteiger partial charge < -0.3 is 10.6 Å². The van der Waals surface area contributed by atoms with Gasteiger partial charge in [-0.25, -0.2) is 0 Å². The highest BCUT2D eigenvalue weighted by molar-refractivity contribution is 6.06. The lowest BCUT2D eigenvalue weighted by molar-refractivity contribution is -0.136. The Morgan fingerprint density at radius 1 is 1.42 bits per heavy atom. The van der Waals surface area contributed by atoms with E-state index in [9.17, 15) is 14.4 Å². The lowest BCUT2D eigenvalue weighted by atomic mass is 10.0. The molecular weight excluding hydrogens is 246 g/mol. The number of nitrogens with zero attached hydrogens (tertiary/aromatic N) is 1. The molecule has 19 heavy (non-hydrogen) atoms. The number of imide groups is 1. The summed E-state index contributed by atoms with van der Waals surface area (Å²) < 4.78 is 7.65. The van der Waals surface area contributed by atoms with Crippen LogP contribution >= 0.6 is 0 Å². The number of nitrogens with two attached hydrogens (primary N) is 1. The second kappa shape index (κ2) is 4.08. The number of anilines is 1. The van der Waals surface area contributed by atoms with E-state index in [0.717, 1.165) is 0 Å². The van der Waals surface area contributed by atoms with Gasteiger partial charge in [0.15, 0.2) is 0 Å². The van der Waals surface area contributed by atoms with Gasteiger partial charge in [0.05, 0.1) is 1.37 Å². The molecule has 2 aliphatic heterocycles. The maximum Gasteiger partial charge on any atom is 0.255 e. The first-order valence-corrected chi connectivity index (χ1v) is 6.01. The molecule has 0 aliphatic carbocycles. The quantitative estimate of drug-likeness (QED) is 0.550. The Morgan fingerprint density at radius 2 is 2.21 bits per heavy atom. The van der Waals surface area contributed by atoms with Crippen LogP contribution in [-0.2, 0) is 16.1 Å². The van der Waals surface area contributed by atoms with Crippen LogP contribution in [0.3, 0.4) is 0 Å². The van der Waals surface area contributed by atoms with Gasteiger partial charge in [0, 0.05) is 29.8 Å². The molecule has 0 aromatic heterocycles. The molecule has 2 aliphatic rings. The van der Waals surface area contributed by atoms with Gasteiger partial charge in [0.2, 0.25) is 11.8 Å². The van der Waals surface area contributed by atoms with Crippen molar-refractivity contribution < 1.29 is 15.8 Å². The molecule has 1 aromatic carbocycles. The third kappa shape index (κ3) is 1.76. The summed E-state index contributed by atoms with van der Waals surface area (Å²) in [6, 6.07) is 2.55. The minimum Gasteiger partial charge on any atom is -0.398 e. The summed E-state index contributed by atoms with van der Waals surface area (Å²) in [5, 5.41) is 2.24. The van der Waals surface area contributed by atoms with E-state index < -0.39 is 11.9 Å². The van der Waals surface area contributed by atoms with Crippen LogP contribution in [0.25, 0.3) is 0 Å². The molecule has 0 spiro atoms. The topological polar surface area (TPSA) is 92.5 Å². The molecule has 1 saturated heterocycles. The van der Waals surface area contributed by atoms with Crippen molar-refractivity contribution in [2.75, 3.05) is 5.73 Å². The van der Waals surface area contributed by atoms with Crippen LogP contribution in [0.2, 0.25) is 0 Å². The van der Waals surface area contributed by atoms with Crippen molar-refractivity contribution in [1.82, 2.24) is 10.2 Å². The van der Waals surface area contributed by atoms with E-state index in [2.05, 4.69) is 5.32 Å². The molecule has 3 amide bonds. The van der Waals surface area contributed by atoms with E-state index in [0.29, 0.717) is 17.5 Å². The van der Waals surface area contributed by atoms with E-state index in [1.54, 1.807) is 6.07 Å². The third-order valence-electron chi connectivity index (χ3n) is 3.55. The Bertz CT molecular complexity index is 644. The monoisotopic (exact) mass is 260 g/mol. The molecule has 2 heterocycles. The fourth-order valence-corrected chi connectivity index (χ4v) is 2.55. The number of amides is 3. The molecule has 1 aromatic rings. The zero-order valence-electron chi connectivity index (χ0n) is 11.1. The van der Waals surface area contributed by atoms with Crippen LogP contribution in [0.1, 0.15) is 30.1 Å². The van der Waals surface area contributed by atoms with Crippen LogP contribution in [0, 0.1) is 0 Å². The molecule has 1 fully saturated rings. The van der Waals surface area contributed by atoms with Crippen molar-refractivity contribution in [3.8, 4) is 0 Å². The minimum absolute atomic E-state index is 0.168. The van der Waals surface area contributed by atoms with Gasteiger partial charge in [-0.1, -0.05) is 6.07 Å². The average Bonchev–Trinajstić information content (AvgIpc) is 2.72. The number of benzene rings is 1. The lowest BCUT2D eigenvalue weighted by Crippen LogP contribution is -2.52. The van der Waals surface area contributed by atoms with Crippen molar-refractivity contribution in [3.63, 3.8) is 0 Å². The molecule has 0 saturated carbocycles. The molecule has 98 valence electrons. The molecule has 0 bridgehead atoms. The highest BCUT2D eigenvalue weighted by atomic mass is 16.2. The number of carbonyl (C=O) groups is 3. The summed E-state index contributed by atoms with van der Waals surface area (Å²) in [7, 11) is 0. The third-order valence-corrected chi connectivity index (χ3v) is 3.55. The largest absolute Gasteiger partial charge is 0.398 e. The SMILES string of the molecule is [2H]c1ccc2c(c1N)CN(C1CCC(=O)NC1=O)C2=O. The lowest BCUT2D eigenvalue weighted by Gasteiger charge is -2.29. The second-order valence-corrected chi connectivity index (χ2v) is 4.68. The molecule has 0 radical (unpaired) electrons. The molecule has 6 heteroatoms. The fraction of sp³-hybridized carbons (Fsp3) is 0.308. The standard InChI is InChI=1S/C13H13N3O3/c14-9-3-1-2-7-8(9)6-16(13(7)19)10-4-5-11(17)15-12(10)18/h1-3,10H,4-6,14H2,(H,15,17,18)/i3D. The van der Waals surface area contributed by atoms with Crippen LogP contribution in [0.4, 0.5) is 5.69 Å². The van der Waals surface area contributed by atoms with Crippen molar-refractivity contribution in [1.29, 1.82) is 0 Å². The molecular formula is C13H13N3O3. The van der Waals surface area contributed by atoms with Crippen molar-refractivity contribution in [2.24, 2.45) is 0 Å². The van der Waals surface area contributed by atoms with Gasteiger partial charge in [-0.15, -0.1) is 0 Å². The Morgan fingerprint density at radius 3 is 2.95 bits per heavy atom. The van der Waals surface area contributed by atoms with Gasteiger partial charge in [-0.05, 0) is 18.5 Å². The smallest absolute Gasteiger partial charge is 0.255 e. The predicted octanol–water partition coefficient (Wildman–Crippen LogP) is 0.0298. The van der Waals surface area contributed by atoms with E-state index in [1.165, 1.54) is 11.0 Å². The maximum atomic E-state index is 12.3. The van der Waals surface area contributed by atoms with E-state index in [1.807, 2.05) is 0 Å². The average molecular weight is 260 g/mol. The normalized spacial score (nSPS) is 23.2. The predicted molar refractivity (Wildman–Crippen MR) is 66.9 cm³/mol. The molecule has 3 rings (SSSR count). The highest BCUT2D eigenvalue weighted by Gasteiger charge is 2.39. The molecule has 3 N–H and O–H groups in total. The second-order valence-electron chi connectivity index (χ2n) is 4.68. The van der Waals surface area contributed by atoms with Crippen molar-refractivity contribution in [2.45, 2.75) is 25.4 Å². The number of rotatable bonds is 1. The van der Waals surface area contributed by atoms with E-state index in [4.69, 9.17) is 7.10 Å². The van der Waals surface area contributed by atoms with Crippen LogP contribution in [0.5, 0.6) is 0 Å². The summed E-state index contributed by atoms with van der Waals surface area (Å²) in [6.07, 6.45) is 0.535. The van der Waals surface area contributed by atoms with Gasteiger partial charge in [-0.2, -0.15) is 0 Å². The van der Waals surface area contributed by atoms with E-state index in [-0.39, 0.29) is 36.5 Å². The van der Waals surface area contributed by atoms with Gasteiger partial charge in [-0.3, -0.25) is 19.7 Å². The summed E-state index contributed by atoms with van der Waals surface area (Å²) in [6.45, 7) is 0.207. The molecule has 1 unspecified atom stereocenters. The number of carbonyl (C=O) groups excluding carboxylic acids is 3.